The topological polar surface area (TPSA) is 87.7 Å². The van der Waals surface area contributed by atoms with E-state index in [9.17, 15) is 14.4 Å². The molecule has 0 bridgehead atoms. The van der Waals surface area contributed by atoms with E-state index < -0.39 is 23.8 Å². The predicted molar refractivity (Wildman–Crippen MR) is 172 cm³/mol. The van der Waals surface area contributed by atoms with E-state index in [1.54, 1.807) is 25.7 Å². The van der Waals surface area contributed by atoms with Crippen LogP contribution in [0.1, 0.15) is 108 Å². The summed E-state index contributed by atoms with van der Waals surface area (Å²) in [6, 6.07) is 11.9. The van der Waals surface area contributed by atoms with E-state index >= 15 is 0 Å². The Bertz CT molecular complexity index is 1170. The molecule has 7 nitrogen and oxygen atoms in total. The zero-order chi connectivity index (χ0) is 31.4. The van der Waals surface area contributed by atoms with E-state index in [1.807, 2.05) is 71.0 Å². The molecule has 0 spiro atoms. The normalized spacial score (nSPS) is 13.5. The third-order valence-electron chi connectivity index (χ3n) is 7.46. The third kappa shape index (κ3) is 10.8. The fourth-order valence-corrected chi connectivity index (χ4v) is 5.10. The van der Waals surface area contributed by atoms with Crippen LogP contribution in [0.5, 0.6) is 0 Å². The van der Waals surface area contributed by atoms with Crippen LogP contribution in [0.3, 0.4) is 0 Å². The molecular weight excluding hydrogens is 526 g/mol. The van der Waals surface area contributed by atoms with Crippen molar-refractivity contribution < 1.29 is 19.1 Å². The van der Waals surface area contributed by atoms with Gasteiger partial charge in [0.05, 0.1) is 0 Å². The highest BCUT2D eigenvalue weighted by molar-refractivity contribution is 5.99. The molecule has 0 fully saturated rings. The molecule has 0 saturated heterocycles. The number of anilines is 1. The predicted octanol–water partition coefficient (Wildman–Crippen LogP) is 8.03. The molecule has 0 saturated carbocycles. The number of hydrogen-bond acceptors (Lipinski definition) is 4. The Kier molecular flexibility index (Phi) is 13.5. The van der Waals surface area contributed by atoms with Crippen LogP contribution in [-0.2, 0) is 14.3 Å². The Hall–Kier alpha value is -3.35. The molecule has 2 aromatic carbocycles. The van der Waals surface area contributed by atoms with Gasteiger partial charge in [0.15, 0.2) is 0 Å². The van der Waals surface area contributed by atoms with Crippen LogP contribution in [0.25, 0.3) is 0 Å². The molecule has 3 amide bonds. The molecule has 0 aliphatic heterocycles. The summed E-state index contributed by atoms with van der Waals surface area (Å²) in [5.74, 6) is -0.738. The molecule has 232 valence electrons. The number of rotatable bonds is 14. The number of hydrogen-bond donors (Lipinski definition) is 2. The van der Waals surface area contributed by atoms with E-state index in [0.717, 1.165) is 54.4 Å². The van der Waals surface area contributed by atoms with Crippen LogP contribution < -0.4 is 10.6 Å². The number of nitrogens with one attached hydrogen (secondary N) is 2. The van der Waals surface area contributed by atoms with Crippen LogP contribution in [0.2, 0.25) is 0 Å². The van der Waals surface area contributed by atoms with E-state index in [4.69, 9.17) is 4.74 Å². The second-order valence-corrected chi connectivity index (χ2v) is 12.6. The number of unbranched alkanes of at least 4 members (excludes halogenated alkanes) is 4. The summed E-state index contributed by atoms with van der Waals surface area (Å²) in [5, 5.41) is 5.96. The third-order valence-corrected chi connectivity index (χ3v) is 7.46. The largest absolute Gasteiger partial charge is 0.444 e. The maximum Gasteiger partial charge on any atom is 0.408 e. The molecule has 42 heavy (non-hydrogen) atoms. The SMILES string of the molecule is CCCCCCCN(C(=O)C(NC(=O)OC(C)(C)C)C(C)CC)C(C(=O)Nc1ccccc1C)c1cc(C)cc(C)c1. The van der Waals surface area contributed by atoms with Crippen molar-refractivity contribution in [3.05, 3.63) is 64.7 Å². The van der Waals surface area contributed by atoms with E-state index in [1.165, 1.54) is 0 Å². The number of para-hydroxylation sites is 1. The molecule has 2 aromatic rings. The van der Waals surface area contributed by atoms with Crippen LogP contribution in [0.15, 0.2) is 42.5 Å². The van der Waals surface area contributed by atoms with Crippen LogP contribution in [0.4, 0.5) is 10.5 Å². The first-order chi connectivity index (χ1) is 19.8. The highest BCUT2D eigenvalue weighted by Crippen LogP contribution is 2.29. The van der Waals surface area contributed by atoms with Gasteiger partial charge in [-0.05, 0) is 71.1 Å². The zero-order valence-corrected chi connectivity index (χ0v) is 27.3. The molecule has 0 aliphatic carbocycles. The Morgan fingerprint density at radius 3 is 2.10 bits per heavy atom. The standard InChI is InChI=1S/C35H53N3O4/c1-10-12-13-14-17-20-38(33(40)30(26(5)11-2)37-34(41)42-35(7,8)9)31(28-22-24(3)21-25(4)23-28)32(39)36-29-19-16-15-18-27(29)6/h15-16,18-19,21-23,26,30-31H,10-14,17,20H2,1-9H3,(H,36,39)(H,37,41). The average molecular weight is 580 g/mol. The van der Waals surface area contributed by atoms with Gasteiger partial charge < -0.3 is 20.3 Å². The first kappa shape index (κ1) is 34.8. The quantitative estimate of drug-likeness (QED) is 0.222. The average Bonchev–Trinajstić information content (AvgIpc) is 2.89. The highest BCUT2D eigenvalue weighted by atomic mass is 16.6. The Morgan fingerprint density at radius 1 is 0.905 bits per heavy atom. The fraction of sp³-hybridized carbons (Fsp3) is 0.571. The lowest BCUT2D eigenvalue weighted by atomic mass is 9.94. The smallest absolute Gasteiger partial charge is 0.408 e. The van der Waals surface area contributed by atoms with Gasteiger partial charge in [0.1, 0.15) is 17.7 Å². The number of carbonyl (C=O) groups excluding carboxylic acids is 3. The summed E-state index contributed by atoms with van der Waals surface area (Å²) in [5.41, 5.74) is 3.71. The van der Waals surface area contributed by atoms with Crippen LogP contribution in [0, 0.1) is 26.7 Å². The van der Waals surface area contributed by atoms with Crippen LogP contribution in [-0.4, -0.2) is 41.0 Å². The summed E-state index contributed by atoms with van der Waals surface area (Å²) in [6.07, 6.45) is 5.03. The maximum absolute atomic E-state index is 14.5. The summed E-state index contributed by atoms with van der Waals surface area (Å²) in [7, 11) is 0. The van der Waals surface area contributed by atoms with Crippen molar-refractivity contribution in [2.24, 2.45) is 5.92 Å². The van der Waals surface area contributed by atoms with Crippen molar-refractivity contribution in [1.82, 2.24) is 10.2 Å². The van der Waals surface area contributed by atoms with Crippen molar-refractivity contribution in [2.45, 2.75) is 119 Å². The van der Waals surface area contributed by atoms with Gasteiger partial charge in [-0.15, -0.1) is 0 Å². The van der Waals surface area contributed by atoms with Crippen LogP contribution >= 0.6 is 0 Å². The molecule has 0 aliphatic rings. The highest BCUT2D eigenvalue weighted by Gasteiger charge is 2.38. The molecule has 0 radical (unpaired) electrons. The van der Waals surface area contributed by atoms with Gasteiger partial charge in [-0.3, -0.25) is 9.59 Å². The summed E-state index contributed by atoms with van der Waals surface area (Å²) < 4.78 is 5.53. The van der Waals surface area contributed by atoms with E-state index in [0.29, 0.717) is 18.7 Å². The molecule has 0 heterocycles. The Morgan fingerprint density at radius 2 is 1.52 bits per heavy atom. The lowest BCUT2D eigenvalue weighted by Gasteiger charge is -2.36. The maximum atomic E-state index is 14.5. The molecule has 0 aromatic heterocycles. The van der Waals surface area contributed by atoms with E-state index in [2.05, 4.69) is 23.6 Å². The minimum absolute atomic E-state index is 0.174. The van der Waals surface area contributed by atoms with Crippen molar-refractivity contribution in [1.29, 1.82) is 0 Å². The minimum atomic E-state index is -0.881. The summed E-state index contributed by atoms with van der Waals surface area (Å²) in [6.45, 7) is 17.8. The number of alkyl carbamates (subject to hydrolysis) is 1. The molecule has 2 N–H and O–H groups in total. The number of ether oxygens (including phenoxy) is 1. The number of benzene rings is 2. The van der Waals surface area contributed by atoms with Gasteiger partial charge in [0.2, 0.25) is 5.91 Å². The summed E-state index contributed by atoms with van der Waals surface area (Å²) >= 11 is 0. The number of amides is 3. The summed E-state index contributed by atoms with van der Waals surface area (Å²) in [4.78, 5) is 43.4. The van der Waals surface area contributed by atoms with Gasteiger partial charge in [-0.25, -0.2) is 4.79 Å². The van der Waals surface area contributed by atoms with Crippen molar-refractivity contribution >= 4 is 23.6 Å². The molecular formula is C35H53N3O4. The monoisotopic (exact) mass is 579 g/mol. The van der Waals surface area contributed by atoms with E-state index in [-0.39, 0.29) is 17.7 Å². The fourth-order valence-electron chi connectivity index (χ4n) is 5.10. The Balaban J connectivity index is 2.60. The van der Waals surface area contributed by atoms with Gasteiger partial charge in [0, 0.05) is 12.2 Å². The van der Waals surface area contributed by atoms with Gasteiger partial charge in [0.25, 0.3) is 5.91 Å². The first-order valence-corrected chi connectivity index (χ1v) is 15.5. The molecule has 2 rings (SSSR count). The lowest BCUT2D eigenvalue weighted by molar-refractivity contribution is -0.142. The molecule has 3 unspecified atom stereocenters. The van der Waals surface area contributed by atoms with Gasteiger partial charge in [-0.2, -0.15) is 0 Å². The molecule has 7 heteroatoms. The first-order valence-electron chi connectivity index (χ1n) is 15.5. The van der Waals surface area contributed by atoms with Crippen molar-refractivity contribution in [3.63, 3.8) is 0 Å². The second-order valence-electron chi connectivity index (χ2n) is 12.6. The van der Waals surface area contributed by atoms with Crippen molar-refractivity contribution in [3.8, 4) is 0 Å². The second kappa shape index (κ2) is 16.3. The Labute approximate surface area is 253 Å². The number of aryl methyl sites for hydroxylation is 3. The van der Waals surface area contributed by atoms with Gasteiger partial charge in [-0.1, -0.05) is 100 Å². The molecule has 3 atom stereocenters. The number of nitrogens with zero attached hydrogens (tertiary/aromatic N) is 1. The minimum Gasteiger partial charge on any atom is -0.444 e. The van der Waals surface area contributed by atoms with Crippen molar-refractivity contribution in [2.75, 3.05) is 11.9 Å². The number of carbonyl (C=O) groups is 3. The zero-order valence-electron chi connectivity index (χ0n) is 27.3. The lowest BCUT2D eigenvalue weighted by Crippen LogP contribution is -2.55. The van der Waals surface area contributed by atoms with Gasteiger partial charge >= 0.3 is 6.09 Å².